The number of fused-ring (bicyclic) bond motifs is 3. The van der Waals surface area contributed by atoms with E-state index in [2.05, 4.69) is 0 Å². The third-order valence-electron chi connectivity index (χ3n) is 4.69. The van der Waals surface area contributed by atoms with E-state index in [1.54, 1.807) is 52.0 Å². The lowest BCUT2D eigenvalue weighted by Crippen LogP contribution is -2.46. The molecule has 2 atom stereocenters. The molecule has 0 amide bonds. The zero-order valence-corrected chi connectivity index (χ0v) is 16.4. The monoisotopic (exact) mass is 386 g/mol. The molecular formula is C21H22O7. The Bertz CT molecular complexity index is 1030. The van der Waals surface area contributed by atoms with Crippen molar-refractivity contribution >= 4 is 22.9 Å². The van der Waals surface area contributed by atoms with Gasteiger partial charge in [0.15, 0.2) is 12.2 Å². The van der Waals surface area contributed by atoms with Crippen molar-refractivity contribution in [1.29, 1.82) is 0 Å². The molecule has 2 heterocycles. The Balaban J connectivity index is 2.08. The van der Waals surface area contributed by atoms with Crippen molar-refractivity contribution in [2.45, 2.75) is 52.4 Å². The van der Waals surface area contributed by atoms with E-state index >= 15 is 0 Å². The minimum absolute atomic E-state index is 0.283. The third-order valence-corrected chi connectivity index (χ3v) is 4.69. The molecular weight excluding hydrogens is 364 g/mol. The molecule has 0 aliphatic carbocycles. The van der Waals surface area contributed by atoms with Crippen LogP contribution in [0.2, 0.25) is 0 Å². The van der Waals surface area contributed by atoms with Gasteiger partial charge in [-0.1, -0.05) is 6.08 Å². The van der Waals surface area contributed by atoms with Crippen LogP contribution in [0.25, 0.3) is 11.0 Å². The van der Waals surface area contributed by atoms with Crippen LogP contribution in [0.15, 0.2) is 45.1 Å². The van der Waals surface area contributed by atoms with Crippen molar-refractivity contribution in [2.75, 3.05) is 0 Å². The van der Waals surface area contributed by atoms with E-state index in [1.165, 1.54) is 13.0 Å². The zero-order valence-electron chi connectivity index (χ0n) is 16.4. The van der Waals surface area contributed by atoms with Gasteiger partial charge in [0, 0.05) is 23.9 Å². The van der Waals surface area contributed by atoms with Crippen molar-refractivity contribution in [1.82, 2.24) is 0 Å². The first-order valence-corrected chi connectivity index (χ1v) is 8.91. The Morgan fingerprint density at radius 1 is 1.14 bits per heavy atom. The summed E-state index contributed by atoms with van der Waals surface area (Å²) in [6.07, 6.45) is -0.0828. The first-order chi connectivity index (χ1) is 13.1. The number of carbonyl (C=O) groups is 2. The van der Waals surface area contributed by atoms with E-state index in [9.17, 15) is 14.4 Å². The number of allylic oxidation sites excluding steroid dienone is 1. The smallest absolute Gasteiger partial charge is 0.336 e. The Morgan fingerprint density at radius 3 is 2.46 bits per heavy atom. The fourth-order valence-corrected chi connectivity index (χ4v) is 3.16. The molecule has 0 radical (unpaired) electrons. The summed E-state index contributed by atoms with van der Waals surface area (Å²) >= 11 is 0. The van der Waals surface area contributed by atoms with Crippen molar-refractivity contribution < 1.29 is 28.2 Å². The van der Waals surface area contributed by atoms with Crippen LogP contribution in [-0.4, -0.2) is 23.6 Å². The molecule has 1 aliphatic rings. The highest BCUT2D eigenvalue weighted by Crippen LogP contribution is 2.47. The van der Waals surface area contributed by atoms with Crippen LogP contribution >= 0.6 is 0 Å². The van der Waals surface area contributed by atoms with Gasteiger partial charge in [-0.15, -0.1) is 0 Å². The fraction of sp³-hybridized carbons (Fsp3) is 0.381. The molecule has 1 aromatic heterocycles. The number of carbonyl (C=O) groups excluding carboxylic acids is 2. The maximum absolute atomic E-state index is 12.3. The molecule has 1 aromatic carbocycles. The molecule has 2 aromatic rings. The van der Waals surface area contributed by atoms with Crippen molar-refractivity contribution in [3.8, 4) is 5.75 Å². The first-order valence-electron chi connectivity index (χ1n) is 8.91. The van der Waals surface area contributed by atoms with E-state index in [1.807, 2.05) is 0 Å². The molecule has 7 nitrogen and oxygen atoms in total. The lowest BCUT2D eigenvalue weighted by Gasteiger charge is -2.33. The van der Waals surface area contributed by atoms with Gasteiger partial charge in [0.1, 0.15) is 16.9 Å². The molecule has 3 rings (SSSR count). The Hall–Kier alpha value is -3.09. The average Bonchev–Trinajstić information content (AvgIpc) is 2.99. The average molecular weight is 386 g/mol. The number of hydrogen-bond acceptors (Lipinski definition) is 7. The van der Waals surface area contributed by atoms with Crippen LogP contribution < -0.4 is 10.4 Å². The highest BCUT2D eigenvalue weighted by Gasteiger charge is 2.50. The highest BCUT2D eigenvalue weighted by atomic mass is 16.6. The first kappa shape index (κ1) is 19.7. The Morgan fingerprint density at radius 2 is 1.82 bits per heavy atom. The number of rotatable bonds is 4. The fourth-order valence-electron chi connectivity index (χ4n) is 3.16. The number of hydrogen-bond donors (Lipinski definition) is 0. The van der Waals surface area contributed by atoms with Crippen LogP contribution in [0.4, 0.5) is 0 Å². The molecule has 0 fully saturated rings. The van der Waals surface area contributed by atoms with Crippen molar-refractivity contribution in [2.24, 2.45) is 0 Å². The van der Waals surface area contributed by atoms with Crippen molar-refractivity contribution in [3.63, 3.8) is 0 Å². The SMILES string of the molecule is C/C=C(/C)C(=O)OC(C)(C)[C@H]1Oc2ccc3ccc(=O)oc3c2[C@H]1OC(C)=O. The molecule has 1 aliphatic heterocycles. The van der Waals surface area contributed by atoms with E-state index in [4.69, 9.17) is 18.6 Å². The van der Waals surface area contributed by atoms with Gasteiger partial charge < -0.3 is 18.6 Å². The topological polar surface area (TPSA) is 92.0 Å². The van der Waals surface area contributed by atoms with E-state index < -0.39 is 35.4 Å². The summed E-state index contributed by atoms with van der Waals surface area (Å²) in [7, 11) is 0. The second-order valence-corrected chi connectivity index (χ2v) is 7.18. The van der Waals surface area contributed by atoms with Crippen LogP contribution in [-0.2, 0) is 19.1 Å². The summed E-state index contributed by atoms with van der Waals surface area (Å²) in [4.78, 5) is 35.8. The minimum atomic E-state index is -1.14. The zero-order chi connectivity index (χ0) is 20.6. The molecule has 0 N–H and O–H groups in total. The quantitative estimate of drug-likeness (QED) is 0.451. The Labute approximate surface area is 161 Å². The highest BCUT2D eigenvalue weighted by molar-refractivity contribution is 5.88. The van der Waals surface area contributed by atoms with Crippen LogP contribution in [0, 0.1) is 0 Å². The van der Waals surface area contributed by atoms with Crippen LogP contribution in [0.3, 0.4) is 0 Å². The summed E-state index contributed by atoms with van der Waals surface area (Å²) < 4.78 is 22.5. The van der Waals surface area contributed by atoms with Gasteiger partial charge >= 0.3 is 17.6 Å². The van der Waals surface area contributed by atoms with Gasteiger partial charge in [-0.25, -0.2) is 9.59 Å². The van der Waals surface area contributed by atoms with Crippen LogP contribution in [0.5, 0.6) is 5.75 Å². The summed E-state index contributed by atoms with van der Waals surface area (Å²) in [6.45, 7) is 8.02. The molecule has 28 heavy (non-hydrogen) atoms. The van der Waals surface area contributed by atoms with Crippen molar-refractivity contribution in [3.05, 3.63) is 51.9 Å². The normalized spacial score (nSPS) is 19.1. The third kappa shape index (κ3) is 3.52. The standard InChI is InChI=1S/C21H22O7/c1-6-11(2)20(24)28-21(4,5)19-18(25-12(3)22)16-14(26-19)9-7-13-8-10-15(23)27-17(13)16/h6-10,18-19H,1-5H3/b11-6-/t18-,19+/m1/s1. The van der Waals surface area contributed by atoms with E-state index in [0.29, 0.717) is 22.3 Å². The van der Waals surface area contributed by atoms with Gasteiger partial charge in [0.05, 0.1) is 5.56 Å². The second-order valence-electron chi connectivity index (χ2n) is 7.18. The molecule has 0 saturated carbocycles. The summed E-state index contributed by atoms with van der Waals surface area (Å²) in [5.41, 5.74) is -0.487. The number of benzene rings is 1. The summed E-state index contributed by atoms with van der Waals surface area (Å²) in [5.74, 6) is -0.622. The summed E-state index contributed by atoms with van der Waals surface area (Å²) in [6, 6.07) is 6.39. The molecule has 148 valence electrons. The van der Waals surface area contributed by atoms with Gasteiger partial charge in [-0.3, -0.25) is 4.79 Å². The van der Waals surface area contributed by atoms with Gasteiger partial charge in [0.25, 0.3) is 0 Å². The second kappa shape index (κ2) is 7.14. The molecule has 0 spiro atoms. The predicted octanol–water partition coefficient (Wildman–Crippen LogP) is 3.45. The van der Waals surface area contributed by atoms with Crippen LogP contribution in [0.1, 0.15) is 46.3 Å². The largest absolute Gasteiger partial charge is 0.481 e. The minimum Gasteiger partial charge on any atom is -0.481 e. The number of ether oxygens (including phenoxy) is 3. The molecule has 0 unspecified atom stereocenters. The lowest BCUT2D eigenvalue weighted by atomic mass is 9.93. The molecule has 0 bridgehead atoms. The lowest BCUT2D eigenvalue weighted by molar-refractivity contribution is -0.173. The maximum atomic E-state index is 12.3. The number of esters is 2. The Kier molecular flexibility index (Phi) is 5.02. The molecule has 0 saturated heterocycles. The van der Waals surface area contributed by atoms with Gasteiger partial charge in [0.2, 0.25) is 0 Å². The van der Waals surface area contributed by atoms with Gasteiger partial charge in [-0.05, 0) is 45.9 Å². The maximum Gasteiger partial charge on any atom is 0.336 e. The predicted molar refractivity (Wildman–Crippen MR) is 101 cm³/mol. The summed E-state index contributed by atoms with van der Waals surface area (Å²) in [5, 5.41) is 0.666. The van der Waals surface area contributed by atoms with E-state index in [0.717, 1.165) is 0 Å². The molecule has 7 heteroatoms. The van der Waals surface area contributed by atoms with E-state index in [-0.39, 0.29) is 5.58 Å². The van der Waals surface area contributed by atoms with Gasteiger partial charge in [-0.2, -0.15) is 0 Å².